The van der Waals surface area contributed by atoms with Gasteiger partial charge in [0.2, 0.25) is 0 Å². The highest BCUT2D eigenvalue weighted by Crippen LogP contribution is 2.23. The number of likely N-dealkylation sites (tertiary alicyclic amines) is 1. The molecule has 1 aliphatic heterocycles. The van der Waals surface area contributed by atoms with Gasteiger partial charge in [-0.25, -0.2) is 0 Å². The lowest BCUT2D eigenvalue weighted by Gasteiger charge is -2.30. The van der Waals surface area contributed by atoms with Crippen molar-refractivity contribution in [2.75, 3.05) is 13.1 Å². The van der Waals surface area contributed by atoms with E-state index in [0.29, 0.717) is 31.5 Å². The molecule has 1 N–H and O–H groups in total. The molecule has 2 aliphatic rings. The number of benzene rings is 1. The van der Waals surface area contributed by atoms with Crippen molar-refractivity contribution in [1.82, 2.24) is 4.90 Å². The summed E-state index contributed by atoms with van der Waals surface area (Å²) in [6.07, 6.45) is 7.40. The van der Waals surface area contributed by atoms with Crippen LogP contribution in [0, 0.1) is 5.92 Å². The Balaban J connectivity index is 0.000000924. The molecule has 0 atom stereocenters. The molecule has 1 heterocycles. The minimum atomic E-state index is -0.749. The van der Waals surface area contributed by atoms with Crippen molar-refractivity contribution < 1.29 is 14.7 Å². The Morgan fingerprint density at radius 3 is 2.52 bits per heavy atom. The number of aliphatic carboxylic acids is 1. The quantitative estimate of drug-likeness (QED) is 0.907. The van der Waals surface area contributed by atoms with E-state index >= 15 is 0 Å². The Labute approximate surface area is 137 Å². The summed E-state index contributed by atoms with van der Waals surface area (Å²) in [5.74, 6) is -1.04. The predicted octanol–water partition coefficient (Wildman–Crippen LogP) is 3.61. The Kier molecular flexibility index (Phi) is 5.97. The highest BCUT2D eigenvalue weighted by atomic mass is 16.4. The number of carbonyl (C=O) groups excluding carboxylic acids is 1. The summed E-state index contributed by atoms with van der Waals surface area (Å²) in [4.78, 5) is 25.2. The van der Waals surface area contributed by atoms with Crippen LogP contribution in [0.2, 0.25) is 0 Å². The summed E-state index contributed by atoms with van der Waals surface area (Å²) in [6, 6.07) is 5.89. The molecule has 1 saturated heterocycles. The van der Waals surface area contributed by atoms with Gasteiger partial charge in [0.1, 0.15) is 0 Å². The Morgan fingerprint density at radius 1 is 1.17 bits per heavy atom. The van der Waals surface area contributed by atoms with Gasteiger partial charge >= 0.3 is 5.97 Å². The topological polar surface area (TPSA) is 57.6 Å². The monoisotopic (exact) mass is 315 g/mol. The predicted molar refractivity (Wildman–Crippen MR) is 91.4 cm³/mol. The SMILES string of the molecule is CC.O=C(O)C1CCN(C(=O)c2ccc3c(c2)C=CCC3)CC1. The highest BCUT2D eigenvalue weighted by molar-refractivity contribution is 5.95. The molecule has 1 aromatic carbocycles. The molecule has 0 aromatic heterocycles. The number of rotatable bonds is 2. The lowest BCUT2D eigenvalue weighted by Crippen LogP contribution is -2.40. The number of aryl methyl sites for hydroxylation is 1. The maximum Gasteiger partial charge on any atom is 0.306 e. The Hall–Kier alpha value is -2.10. The number of carboxylic acids is 1. The van der Waals surface area contributed by atoms with Gasteiger partial charge in [-0.15, -0.1) is 0 Å². The summed E-state index contributed by atoms with van der Waals surface area (Å²) in [5, 5.41) is 9.00. The third kappa shape index (κ3) is 4.01. The molecule has 1 fully saturated rings. The number of allylic oxidation sites excluding steroid dienone is 1. The van der Waals surface area contributed by atoms with E-state index in [1.54, 1.807) is 4.90 Å². The number of piperidine rings is 1. The molecule has 0 saturated carbocycles. The maximum atomic E-state index is 12.5. The first-order valence-electron chi connectivity index (χ1n) is 8.46. The molecule has 1 aliphatic carbocycles. The minimum Gasteiger partial charge on any atom is -0.481 e. The summed E-state index contributed by atoms with van der Waals surface area (Å²) in [6.45, 7) is 5.06. The van der Waals surface area contributed by atoms with Crippen LogP contribution in [0.4, 0.5) is 0 Å². The molecule has 1 amide bonds. The van der Waals surface area contributed by atoms with E-state index in [4.69, 9.17) is 5.11 Å². The first-order chi connectivity index (χ1) is 11.1. The second-order valence-corrected chi connectivity index (χ2v) is 5.76. The van der Waals surface area contributed by atoms with Crippen LogP contribution < -0.4 is 0 Å². The molecule has 23 heavy (non-hydrogen) atoms. The van der Waals surface area contributed by atoms with Gasteiger partial charge in [0.15, 0.2) is 0 Å². The molecule has 1 aromatic rings. The number of amides is 1. The molecule has 0 unspecified atom stereocenters. The highest BCUT2D eigenvalue weighted by Gasteiger charge is 2.27. The van der Waals surface area contributed by atoms with Crippen LogP contribution >= 0.6 is 0 Å². The van der Waals surface area contributed by atoms with Gasteiger partial charge in [0.05, 0.1) is 5.92 Å². The number of hydrogen-bond acceptors (Lipinski definition) is 2. The first kappa shape index (κ1) is 17.3. The molecule has 4 heteroatoms. The lowest BCUT2D eigenvalue weighted by atomic mass is 9.94. The van der Waals surface area contributed by atoms with Crippen molar-refractivity contribution in [2.24, 2.45) is 5.92 Å². The van der Waals surface area contributed by atoms with Crippen molar-refractivity contribution in [2.45, 2.75) is 39.5 Å². The van der Waals surface area contributed by atoms with Crippen molar-refractivity contribution in [3.05, 3.63) is 41.0 Å². The Bertz CT molecular complexity index is 599. The van der Waals surface area contributed by atoms with Gasteiger partial charge < -0.3 is 10.0 Å². The van der Waals surface area contributed by atoms with Crippen LogP contribution in [0.1, 0.15) is 54.6 Å². The number of nitrogens with zero attached hydrogens (tertiary/aromatic N) is 1. The standard InChI is InChI=1S/C17H19NO3.C2H6/c19-16(18-9-7-13(8-10-18)17(20)21)15-6-5-12-3-1-2-4-14(12)11-15;1-2/h2,4-6,11,13H,1,3,7-10H2,(H,20,21);1-2H3. The Morgan fingerprint density at radius 2 is 1.87 bits per heavy atom. The van der Waals surface area contributed by atoms with E-state index in [-0.39, 0.29) is 11.8 Å². The smallest absolute Gasteiger partial charge is 0.306 e. The summed E-state index contributed by atoms with van der Waals surface area (Å²) >= 11 is 0. The summed E-state index contributed by atoms with van der Waals surface area (Å²) in [7, 11) is 0. The van der Waals surface area contributed by atoms with Gasteiger partial charge in [-0.2, -0.15) is 0 Å². The molecular formula is C19H25NO3. The largest absolute Gasteiger partial charge is 0.481 e. The van der Waals surface area contributed by atoms with Gasteiger partial charge in [-0.1, -0.05) is 32.1 Å². The maximum absolute atomic E-state index is 12.5. The fraction of sp³-hybridized carbons (Fsp3) is 0.474. The number of hydrogen-bond donors (Lipinski definition) is 1. The van der Waals surface area contributed by atoms with Gasteiger partial charge in [-0.3, -0.25) is 9.59 Å². The van der Waals surface area contributed by atoms with Crippen molar-refractivity contribution in [3.8, 4) is 0 Å². The number of carbonyl (C=O) groups is 2. The van der Waals surface area contributed by atoms with Crippen LogP contribution in [0.3, 0.4) is 0 Å². The van der Waals surface area contributed by atoms with E-state index in [0.717, 1.165) is 18.4 Å². The van der Waals surface area contributed by atoms with Crippen LogP contribution in [0.25, 0.3) is 6.08 Å². The van der Waals surface area contributed by atoms with E-state index in [1.165, 1.54) is 5.56 Å². The lowest BCUT2D eigenvalue weighted by molar-refractivity contribution is -0.143. The van der Waals surface area contributed by atoms with Crippen LogP contribution in [-0.4, -0.2) is 35.0 Å². The third-order valence-electron chi connectivity index (χ3n) is 4.40. The second kappa shape index (κ2) is 7.95. The average Bonchev–Trinajstić information content (AvgIpc) is 2.62. The molecule has 0 bridgehead atoms. The summed E-state index contributed by atoms with van der Waals surface area (Å²) < 4.78 is 0. The molecule has 0 radical (unpaired) electrons. The van der Waals surface area contributed by atoms with E-state index < -0.39 is 5.97 Å². The number of fused-ring (bicyclic) bond motifs is 1. The average molecular weight is 315 g/mol. The van der Waals surface area contributed by atoms with E-state index in [9.17, 15) is 9.59 Å². The molecule has 4 nitrogen and oxygen atoms in total. The normalized spacial score (nSPS) is 17.0. The van der Waals surface area contributed by atoms with E-state index in [2.05, 4.69) is 12.2 Å². The minimum absolute atomic E-state index is 0.0145. The fourth-order valence-corrected chi connectivity index (χ4v) is 3.07. The molecular weight excluding hydrogens is 290 g/mol. The zero-order valence-electron chi connectivity index (χ0n) is 13.9. The van der Waals surface area contributed by atoms with Gasteiger partial charge in [-0.05, 0) is 48.9 Å². The zero-order chi connectivity index (χ0) is 16.8. The van der Waals surface area contributed by atoms with E-state index in [1.807, 2.05) is 32.0 Å². The van der Waals surface area contributed by atoms with Crippen LogP contribution in [0.15, 0.2) is 24.3 Å². The molecule has 3 rings (SSSR count). The second-order valence-electron chi connectivity index (χ2n) is 5.76. The fourth-order valence-electron chi connectivity index (χ4n) is 3.07. The van der Waals surface area contributed by atoms with Crippen LogP contribution in [0.5, 0.6) is 0 Å². The zero-order valence-corrected chi connectivity index (χ0v) is 13.9. The van der Waals surface area contributed by atoms with Crippen molar-refractivity contribution >= 4 is 18.0 Å². The first-order valence-corrected chi connectivity index (χ1v) is 8.46. The molecule has 124 valence electrons. The molecule has 0 spiro atoms. The van der Waals surface area contributed by atoms with Gasteiger partial charge in [0.25, 0.3) is 5.91 Å². The van der Waals surface area contributed by atoms with Crippen molar-refractivity contribution in [3.63, 3.8) is 0 Å². The number of carboxylic acid groups (broad SMARTS) is 1. The third-order valence-corrected chi connectivity index (χ3v) is 4.40. The summed E-state index contributed by atoms with van der Waals surface area (Å²) in [5.41, 5.74) is 3.13. The van der Waals surface area contributed by atoms with Gasteiger partial charge in [0, 0.05) is 18.7 Å². The van der Waals surface area contributed by atoms with Crippen LogP contribution in [-0.2, 0) is 11.2 Å². The van der Waals surface area contributed by atoms with Crippen molar-refractivity contribution in [1.29, 1.82) is 0 Å².